The molecule has 0 amide bonds. The van der Waals surface area contributed by atoms with E-state index in [0.29, 0.717) is 74.7 Å². The lowest BCUT2D eigenvalue weighted by Gasteiger charge is -2.11. The second-order valence-corrected chi connectivity index (χ2v) is 10.8. The van der Waals surface area contributed by atoms with Crippen molar-refractivity contribution in [1.29, 1.82) is 0 Å². The lowest BCUT2D eigenvalue weighted by atomic mass is 9.94. The van der Waals surface area contributed by atoms with Crippen LogP contribution >= 0.6 is 0 Å². The summed E-state index contributed by atoms with van der Waals surface area (Å²) in [6.07, 6.45) is 7.54. The van der Waals surface area contributed by atoms with Gasteiger partial charge in [0.15, 0.2) is 0 Å². The Kier molecular flexibility index (Phi) is 12.1. The fourth-order valence-electron chi connectivity index (χ4n) is 4.76. The summed E-state index contributed by atoms with van der Waals surface area (Å²) in [5.74, 6) is 4.54. The normalized spacial score (nSPS) is 11.7. The van der Waals surface area contributed by atoms with Gasteiger partial charge in [0.1, 0.15) is 35.4 Å². The van der Waals surface area contributed by atoms with Gasteiger partial charge >= 0.3 is 0 Å². The molecule has 3 heterocycles. The van der Waals surface area contributed by atoms with Crippen LogP contribution < -0.4 is 22.1 Å². The number of hydrogen-bond acceptors (Lipinski definition) is 14. The van der Waals surface area contributed by atoms with E-state index >= 15 is 0 Å². The van der Waals surface area contributed by atoms with E-state index in [1.807, 2.05) is 25.1 Å². The molecule has 1 aromatic carbocycles. The molecule has 0 aliphatic heterocycles. The predicted molar refractivity (Wildman–Crippen MR) is 169 cm³/mol. The third-order valence-corrected chi connectivity index (χ3v) is 6.71. The minimum absolute atomic E-state index is 0.164. The maximum Gasteiger partial charge on any atom is 0.227 e. The standard InChI is InChI=1S/C30H41N13O/c1-20(17-22-9-4-3-5-10-22)18-23(44)11-6-12-24-37-21(2)38-25(39-24)13-7-16-34-30-41-26(40-28(32)43-30)14-8-15-33-29-36-19-35-27(31)42-29/h3-5,9-10,19-20H,6-8,11-18H2,1-2H3,(H3,31,33,35,36,42)(H3,32,34,40,41,43). The third kappa shape index (κ3) is 11.4. The van der Waals surface area contributed by atoms with Gasteiger partial charge in [0, 0.05) is 45.2 Å². The number of ketones is 1. The van der Waals surface area contributed by atoms with Gasteiger partial charge in [-0.15, -0.1) is 0 Å². The van der Waals surface area contributed by atoms with Crippen LogP contribution in [-0.2, 0) is 30.5 Å². The molecule has 4 aromatic rings. The number of carbonyl (C=O) groups excluding carboxylic acids is 1. The number of Topliss-reactive ketones (excluding diaryl/α,β-unsaturated/α-hetero) is 1. The Morgan fingerprint density at radius 1 is 0.750 bits per heavy atom. The minimum atomic E-state index is 0.164. The van der Waals surface area contributed by atoms with Crippen molar-refractivity contribution in [3.8, 4) is 0 Å². The Morgan fingerprint density at radius 3 is 2.09 bits per heavy atom. The Balaban J connectivity index is 1.15. The maximum atomic E-state index is 12.5. The Hall–Kier alpha value is -4.88. The second-order valence-electron chi connectivity index (χ2n) is 10.8. The number of anilines is 4. The number of benzene rings is 1. The quantitative estimate of drug-likeness (QED) is 0.121. The highest BCUT2D eigenvalue weighted by Crippen LogP contribution is 2.14. The summed E-state index contributed by atoms with van der Waals surface area (Å²) in [4.78, 5) is 50.9. The zero-order valence-corrected chi connectivity index (χ0v) is 25.4. The first kappa shape index (κ1) is 32.0. The fraction of sp³-hybridized carbons (Fsp3) is 0.467. The van der Waals surface area contributed by atoms with Crippen LogP contribution in [0.4, 0.5) is 23.8 Å². The van der Waals surface area contributed by atoms with E-state index in [2.05, 4.69) is 74.5 Å². The van der Waals surface area contributed by atoms with E-state index in [9.17, 15) is 4.79 Å². The van der Waals surface area contributed by atoms with Gasteiger partial charge in [-0.05, 0) is 44.1 Å². The zero-order valence-electron chi connectivity index (χ0n) is 25.4. The van der Waals surface area contributed by atoms with Crippen LogP contribution in [-0.4, -0.2) is 63.7 Å². The Bertz CT molecular complexity index is 1490. The number of rotatable bonds is 18. The molecule has 0 radical (unpaired) electrons. The average molecular weight is 600 g/mol. The van der Waals surface area contributed by atoms with Gasteiger partial charge in [0.2, 0.25) is 23.8 Å². The van der Waals surface area contributed by atoms with E-state index < -0.39 is 0 Å². The number of nitrogens with zero attached hydrogens (tertiary/aromatic N) is 9. The van der Waals surface area contributed by atoms with E-state index in [4.69, 9.17) is 11.5 Å². The molecule has 1 atom stereocenters. The molecule has 0 saturated carbocycles. The number of carbonyl (C=O) groups is 1. The van der Waals surface area contributed by atoms with Gasteiger partial charge in [0.05, 0.1) is 0 Å². The van der Waals surface area contributed by atoms with E-state index in [1.165, 1.54) is 11.9 Å². The van der Waals surface area contributed by atoms with E-state index in [0.717, 1.165) is 37.3 Å². The predicted octanol–water partition coefficient (Wildman–Crippen LogP) is 2.96. The van der Waals surface area contributed by atoms with Gasteiger partial charge in [-0.2, -0.15) is 19.9 Å². The first-order valence-corrected chi connectivity index (χ1v) is 15.0. The monoisotopic (exact) mass is 599 g/mol. The Labute approximate surface area is 257 Å². The molecule has 4 rings (SSSR count). The molecule has 0 aliphatic rings. The van der Waals surface area contributed by atoms with Crippen molar-refractivity contribution < 1.29 is 4.79 Å². The van der Waals surface area contributed by atoms with Gasteiger partial charge < -0.3 is 22.1 Å². The summed E-state index contributed by atoms with van der Waals surface area (Å²) in [5, 5.41) is 6.31. The molecule has 14 heteroatoms. The molecule has 0 bridgehead atoms. The molecule has 1 unspecified atom stereocenters. The first-order valence-electron chi connectivity index (χ1n) is 15.0. The van der Waals surface area contributed by atoms with Crippen LogP contribution in [0.5, 0.6) is 0 Å². The van der Waals surface area contributed by atoms with Crippen molar-refractivity contribution in [3.05, 3.63) is 65.5 Å². The van der Waals surface area contributed by atoms with Gasteiger partial charge in [-0.1, -0.05) is 37.3 Å². The summed E-state index contributed by atoms with van der Waals surface area (Å²) in [5.41, 5.74) is 12.7. The molecule has 0 spiro atoms. The summed E-state index contributed by atoms with van der Waals surface area (Å²) in [6.45, 7) is 5.22. The number of nitrogen functional groups attached to an aromatic ring is 2. The SMILES string of the molecule is Cc1nc(CCCNc2nc(N)nc(CCCNc3ncnc(N)n3)n2)nc(CCCC(=O)CC(C)Cc2ccccc2)n1. The number of aromatic nitrogens is 9. The molecule has 0 fully saturated rings. The highest BCUT2D eigenvalue weighted by atomic mass is 16.1. The van der Waals surface area contributed by atoms with E-state index in [-0.39, 0.29) is 17.7 Å². The van der Waals surface area contributed by atoms with E-state index in [1.54, 1.807) is 0 Å². The highest BCUT2D eigenvalue weighted by molar-refractivity contribution is 5.78. The molecular weight excluding hydrogens is 558 g/mol. The number of hydrogen-bond donors (Lipinski definition) is 4. The van der Waals surface area contributed by atoms with Crippen molar-refractivity contribution in [1.82, 2.24) is 44.9 Å². The first-order chi connectivity index (χ1) is 21.3. The van der Waals surface area contributed by atoms with Gasteiger partial charge in [-0.3, -0.25) is 4.79 Å². The molecule has 44 heavy (non-hydrogen) atoms. The van der Waals surface area contributed by atoms with Crippen molar-refractivity contribution in [2.45, 2.75) is 71.6 Å². The van der Waals surface area contributed by atoms with Crippen molar-refractivity contribution in [3.63, 3.8) is 0 Å². The average Bonchev–Trinajstić information content (AvgIpc) is 2.98. The molecule has 6 N–H and O–H groups in total. The van der Waals surface area contributed by atoms with Crippen LogP contribution in [0.2, 0.25) is 0 Å². The molecule has 14 nitrogen and oxygen atoms in total. The molecule has 232 valence electrons. The molecular formula is C30H41N13O. The molecule has 0 aliphatic carbocycles. The number of aryl methyl sites for hydroxylation is 4. The number of nitrogens with two attached hydrogens (primary N) is 2. The van der Waals surface area contributed by atoms with Crippen molar-refractivity contribution >= 4 is 29.6 Å². The fourth-order valence-corrected chi connectivity index (χ4v) is 4.76. The zero-order chi connectivity index (χ0) is 31.1. The minimum Gasteiger partial charge on any atom is -0.368 e. The van der Waals surface area contributed by atoms with Crippen molar-refractivity contribution in [2.24, 2.45) is 5.92 Å². The second kappa shape index (κ2) is 16.7. The highest BCUT2D eigenvalue weighted by Gasteiger charge is 2.12. The topological polar surface area (TPSA) is 209 Å². The lowest BCUT2D eigenvalue weighted by Crippen LogP contribution is -2.13. The maximum absolute atomic E-state index is 12.5. The van der Waals surface area contributed by atoms with Crippen LogP contribution in [0.1, 0.15) is 67.9 Å². The molecule has 3 aromatic heterocycles. The van der Waals surface area contributed by atoms with Crippen LogP contribution in [0, 0.1) is 12.8 Å². The smallest absolute Gasteiger partial charge is 0.227 e. The summed E-state index contributed by atoms with van der Waals surface area (Å²) in [6, 6.07) is 10.3. The van der Waals surface area contributed by atoms with Gasteiger partial charge in [0.25, 0.3) is 0 Å². The third-order valence-electron chi connectivity index (χ3n) is 6.71. The van der Waals surface area contributed by atoms with Crippen LogP contribution in [0.15, 0.2) is 36.7 Å². The Morgan fingerprint density at radius 2 is 1.39 bits per heavy atom. The van der Waals surface area contributed by atoms with Crippen LogP contribution in [0.25, 0.3) is 0 Å². The van der Waals surface area contributed by atoms with Crippen molar-refractivity contribution in [2.75, 3.05) is 35.2 Å². The van der Waals surface area contributed by atoms with Gasteiger partial charge in [-0.25, -0.2) is 24.9 Å². The summed E-state index contributed by atoms with van der Waals surface area (Å²) < 4.78 is 0. The number of nitrogens with one attached hydrogen (secondary N) is 2. The van der Waals surface area contributed by atoms with Crippen LogP contribution in [0.3, 0.4) is 0 Å². The largest absolute Gasteiger partial charge is 0.368 e. The lowest BCUT2D eigenvalue weighted by molar-refractivity contribution is -0.119. The summed E-state index contributed by atoms with van der Waals surface area (Å²) >= 11 is 0. The summed E-state index contributed by atoms with van der Waals surface area (Å²) in [7, 11) is 0. The molecule has 0 saturated heterocycles.